The number of halogens is 1. The summed E-state index contributed by atoms with van der Waals surface area (Å²) in [5.74, 6) is 0.975. The van der Waals surface area contributed by atoms with Crippen LogP contribution in [0.1, 0.15) is 17.0 Å². The Morgan fingerprint density at radius 2 is 2.00 bits per heavy atom. The lowest BCUT2D eigenvalue weighted by molar-refractivity contribution is 0.795. The van der Waals surface area contributed by atoms with Crippen molar-refractivity contribution >= 4 is 21.9 Å². The number of aromatic nitrogens is 4. The minimum Gasteiger partial charge on any atom is -0.368 e. The van der Waals surface area contributed by atoms with E-state index in [0.717, 1.165) is 27.2 Å². The Morgan fingerprint density at radius 1 is 1.31 bits per heavy atom. The van der Waals surface area contributed by atoms with Crippen LogP contribution in [0.2, 0.25) is 0 Å². The van der Waals surface area contributed by atoms with Gasteiger partial charge in [0, 0.05) is 11.8 Å². The molecule has 16 heavy (non-hydrogen) atoms. The van der Waals surface area contributed by atoms with Crippen molar-refractivity contribution in [1.29, 1.82) is 0 Å². The van der Waals surface area contributed by atoms with Crippen LogP contribution in [0, 0.1) is 20.8 Å². The maximum absolute atomic E-state index is 5.58. The van der Waals surface area contributed by atoms with Crippen LogP contribution in [-0.2, 0) is 0 Å². The minimum absolute atomic E-state index is 0.254. The van der Waals surface area contributed by atoms with E-state index in [1.807, 2.05) is 20.8 Å². The summed E-state index contributed by atoms with van der Waals surface area (Å²) in [6.45, 7) is 5.84. The molecule has 0 spiro atoms. The zero-order valence-electron chi connectivity index (χ0n) is 9.32. The second-order valence-corrected chi connectivity index (χ2v) is 4.42. The van der Waals surface area contributed by atoms with Gasteiger partial charge in [0.1, 0.15) is 0 Å². The van der Waals surface area contributed by atoms with Crippen molar-refractivity contribution in [3.8, 4) is 5.82 Å². The number of rotatable bonds is 1. The molecule has 5 nitrogen and oxygen atoms in total. The van der Waals surface area contributed by atoms with Gasteiger partial charge in [-0.25, -0.2) is 9.67 Å². The van der Waals surface area contributed by atoms with E-state index in [9.17, 15) is 0 Å². The van der Waals surface area contributed by atoms with Crippen LogP contribution in [0.4, 0.5) is 5.95 Å². The summed E-state index contributed by atoms with van der Waals surface area (Å²) < 4.78 is 2.76. The van der Waals surface area contributed by atoms with Gasteiger partial charge in [-0.3, -0.25) is 0 Å². The average molecular weight is 282 g/mol. The van der Waals surface area contributed by atoms with Gasteiger partial charge in [-0.15, -0.1) is 0 Å². The molecule has 0 aliphatic heterocycles. The Kier molecular flexibility index (Phi) is 2.67. The van der Waals surface area contributed by atoms with E-state index < -0.39 is 0 Å². The monoisotopic (exact) mass is 281 g/mol. The van der Waals surface area contributed by atoms with Gasteiger partial charge in [0.2, 0.25) is 5.95 Å². The number of nitrogens with zero attached hydrogens (tertiary/aromatic N) is 4. The standard InChI is InChI=1S/C10H12BrN5/c1-5-4-13-10(12)14-9(5)16-7(3)8(11)6(2)15-16/h4H,1-3H3,(H2,12,13,14). The van der Waals surface area contributed by atoms with Crippen molar-refractivity contribution in [1.82, 2.24) is 19.7 Å². The van der Waals surface area contributed by atoms with E-state index in [-0.39, 0.29) is 5.95 Å². The van der Waals surface area contributed by atoms with Crippen LogP contribution in [0.25, 0.3) is 5.82 Å². The number of hydrogen-bond acceptors (Lipinski definition) is 4. The first-order chi connectivity index (χ1) is 7.50. The van der Waals surface area contributed by atoms with Crippen LogP contribution in [0.15, 0.2) is 10.7 Å². The number of hydrogen-bond donors (Lipinski definition) is 1. The number of anilines is 1. The van der Waals surface area contributed by atoms with Gasteiger partial charge >= 0.3 is 0 Å². The fourth-order valence-electron chi connectivity index (χ4n) is 1.49. The number of aryl methyl sites for hydroxylation is 2. The first-order valence-corrected chi connectivity index (χ1v) is 5.61. The molecule has 0 atom stereocenters. The summed E-state index contributed by atoms with van der Waals surface area (Å²) in [4.78, 5) is 8.14. The fraction of sp³-hybridized carbons (Fsp3) is 0.300. The lowest BCUT2D eigenvalue weighted by atomic mass is 10.3. The maximum Gasteiger partial charge on any atom is 0.222 e. The molecule has 2 aromatic rings. The first kappa shape index (κ1) is 11.1. The SMILES string of the molecule is Cc1cnc(N)nc1-n1nc(C)c(Br)c1C. The highest BCUT2D eigenvalue weighted by Crippen LogP contribution is 2.23. The van der Waals surface area contributed by atoms with Crippen LogP contribution >= 0.6 is 15.9 Å². The van der Waals surface area contributed by atoms with E-state index in [0.29, 0.717) is 0 Å². The van der Waals surface area contributed by atoms with E-state index in [2.05, 4.69) is 31.0 Å². The maximum atomic E-state index is 5.58. The van der Waals surface area contributed by atoms with E-state index >= 15 is 0 Å². The Labute approximate surface area is 102 Å². The number of nitrogen functional groups attached to an aromatic ring is 1. The molecule has 2 aromatic heterocycles. The molecule has 2 heterocycles. The van der Waals surface area contributed by atoms with Gasteiger partial charge in [-0.2, -0.15) is 10.1 Å². The van der Waals surface area contributed by atoms with Gasteiger partial charge in [0.15, 0.2) is 5.82 Å². The molecule has 0 unspecified atom stereocenters. The molecule has 0 saturated heterocycles. The summed E-state index contributed by atoms with van der Waals surface area (Å²) in [6, 6.07) is 0. The third kappa shape index (κ3) is 1.69. The van der Waals surface area contributed by atoms with Crippen LogP contribution in [0.3, 0.4) is 0 Å². The quantitative estimate of drug-likeness (QED) is 0.867. The molecular weight excluding hydrogens is 270 g/mol. The molecule has 6 heteroatoms. The van der Waals surface area contributed by atoms with Crippen molar-refractivity contribution in [3.05, 3.63) is 27.6 Å². The van der Waals surface area contributed by atoms with Crippen molar-refractivity contribution in [2.24, 2.45) is 0 Å². The highest BCUT2D eigenvalue weighted by Gasteiger charge is 2.13. The second-order valence-electron chi connectivity index (χ2n) is 3.63. The fourth-order valence-corrected chi connectivity index (χ4v) is 1.74. The van der Waals surface area contributed by atoms with E-state index in [4.69, 9.17) is 5.73 Å². The Balaban J connectivity index is 2.67. The van der Waals surface area contributed by atoms with Gasteiger partial charge < -0.3 is 5.73 Å². The van der Waals surface area contributed by atoms with Gasteiger partial charge in [0.25, 0.3) is 0 Å². The summed E-state index contributed by atoms with van der Waals surface area (Å²) in [6.07, 6.45) is 1.70. The third-order valence-corrected chi connectivity index (χ3v) is 3.51. The third-order valence-electron chi connectivity index (χ3n) is 2.37. The molecule has 2 rings (SSSR count). The van der Waals surface area contributed by atoms with Crippen LogP contribution in [-0.4, -0.2) is 19.7 Å². The van der Waals surface area contributed by atoms with Gasteiger partial charge in [-0.05, 0) is 36.7 Å². The highest BCUT2D eigenvalue weighted by molar-refractivity contribution is 9.10. The predicted octanol–water partition coefficient (Wildman–Crippen LogP) is 1.93. The summed E-state index contributed by atoms with van der Waals surface area (Å²) in [7, 11) is 0. The van der Waals surface area contributed by atoms with Crippen LogP contribution < -0.4 is 5.73 Å². The molecule has 2 N–H and O–H groups in total. The molecule has 84 valence electrons. The Morgan fingerprint density at radius 3 is 2.56 bits per heavy atom. The van der Waals surface area contributed by atoms with Crippen molar-refractivity contribution in [2.75, 3.05) is 5.73 Å². The summed E-state index contributed by atoms with van der Waals surface area (Å²) >= 11 is 3.48. The normalized spacial score (nSPS) is 10.8. The minimum atomic E-state index is 0.254. The molecule has 0 radical (unpaired) electrons. The molecule has 0 amide bonds. The predicted molar refractivity (Wildman–Crippen MR) is 65.5 cm³/mol. The van der Waals surface area contributed by atoms with Crippen molar-refractivity contribution < 1.29 is 0 Å². The van der Waals surface area contributed by atoms with E-state index in [1.54, 1.807) is 10.9 Å². The molecule has 0 aliphatic rings. The molecule has 0 bridgehead atoms. The molecule has 0 saturated carbocycles. The molecule has 0 aliphatic carbocycles. The van der Waals surface area contributed by atoms with Crippen LogP contribution in [0.5, 0.6) is 0 Å². The molecular formula is C10H12BrN5. The molecule has 0 fully saturated rings. The topological polar surface area (TPSA) is 69.6 Å². The van der Waals surface area contributed by atoms with Gasteiger partial charge in [-0.1, -0.05) is 0 Å². The summed E-state index contributed by atoms with van der Waals surface area (Å²) in [5.41, 5.74) is 8.45. The smallest absolute Gasteiger partial charge is 0.222 e. The second kappa shape index (κ2) is 3.86. The number of nitrogens with two attached hydrogens (primary N) is 1. The zero-order chi connectivity index (χ0) is 11.9. The van der Waals surface area contributed by atoms with E-state index in [1.165, 1.54) is 0 Å². The largest absolute Gasteiger partial charge is 0.368 e. The van der Waals surface area contributed by atoms with Crippen molar-refractivity contribution in [3.63, 3.8) is 0 Å². The molecule has 0 aromatic carbocycles. The lowest BCUT2D eigenvalue weighted by Crippen LogP contribution is -2.07. The first-order valence-electron chi connectivity index (χ1n) is 4.82. The Hall–Kier alpha value is -1.43. The zero-order valence-corrected chi connectivity index (χ0v) is 10.9. The average Bonchev–Trinajstić information content (AvgIpc) is 2.50. The summed E-state index contributed by atoms with van der Waals surface area (Å²) in [5, 5.41) is 4.41. The lowest BCUT2D eigenvalue weighted by Gasteiger charge is -2.06. The highest BCUT2D eigenvalue weighted by atomic mass is 79.9. The Bertz CT molecular complexity index is 546. The van der Waals surface area contributed by atoms with Crippen molar-refractivity contribution in [2.45, 2.75) is 20.8 Å². The van der Waals surface area contributed by atoms with Gasteiger partial charge in [0.05, 0.1) is 15.9 Å².